The van der Waals surface area contributed by atoms with Gasteiger partial charge in [-0.1, -0.05) is 24.5 Å². The van der Waals surface area contributed by atoms with Crippen molar-refractivity contribution < 1.29 is 0 Å². The summed E-state index contributed by atoms with van der Waals surface area (Å²) in [6, 6.07) is 0. The number of hydrogen-bond acceptors (Lipinski definition) is 1. The first-order valence-corrected chi connectivity index (χ1v) is 4.23. The summed E-state index contributed by atoms with van der Waals surface area (Å²) < 4.78 is 0. The van der Waals surface area contributed by atoms with Crippen LogP contribution in [0.3, 0.4) is 0 Å². The van der Waals surface area contributed by atoms with Crippen molar-refractivity contribution in [2.24, 2.45) is 0 Å². The molecule has 65 valence electrons. The quantitative estimate of drug-likeness (QED) is 0.494. The average Bonchev–Trinajstić information content (AvgIpc) is 2.11. The lowest BCUT2D eigenvalue weighted by Gasteiger charge is -1.99. The van der Waals surface area contributed by atoms with Crippen molar-refractivity contribution in [2.45, 2.75) is 20.7 Å². The number of rotatable bonds is 4. The number of allylic oxidation sites excluding steroid dienone is 4. The third-order valence-corrected chi connectivity index (χ3v) is 1.62. The van der Waals surface area contributed by atoms with Gasteiger partial charge in [0.25, 0.3) is 0 Å². The molecule has 2 heteroatoms. The molecule has 0 spiro atoms. The molecule has 0 aromatic heterocycles. The Morgan fingerprint density at radius 3 is 2.42 bits per heavy atom. The zero-order valence-electron chi connectivity index (χ0n) is 8.39. The minimum absolute atomic E-state index is 1.12. The lowest BCUT2D eigenvalue weighted by Crippen LogP contribution is -2.03. The fourth-order valence-corrected chi connectivity index (χ4v) is 0.719. The van der Waals surface area contributed by atoms with Crippen molar-refractivity contribution in [1.82, 2.24) is 5.32 Å². The highest BCUT2D eigenvalue weighted by Crippen LogP contribution is 1.97. The Morgan fingerprint density at radius 2 is 2.00 bits per heavy atom. The highest BCUT2D eigenvalue weighted by molar-refractivity contribution is 6.40. The normalized spacial score (nSPS) is 13.7. The van der Waals surface area contributed by atoms with Crippen LogP contribution in [0.25, 0.3) is 0 Å². The Hall–Kier alpha value is -0.915. The van der Waals surface area contributed by atoms with E-state index in [1.807, 2.05) is 34.0 Å². The Morgan fingerprint density at radius 1 is 1.33 bits per heavy atom. The van der Waals surface area contributed by atoms with E-state index in [0.717, 1.165) is 5.70 Å². The molecule has 0 amide bonds. The summed E-state index contributed by atoms with van der Waals surface area (Å²) >= 11 is 0. The van der Waals surface area contributed by atoms with Crippen LogP contribution in [0, 0.1) is 0 Å². The highest BCUT2D eigenvalue weighted by Gasteiger charge is 1.84. The fourth-order valence-electron chi connectivity index (χ4n) is 0.719. The molecule has 12 heavy (non-hydrogen) atoms. The predicted octanol–water partition coefficient (Wildman–Crippen LogP) is 2.32. The van der Waals surface area contributed by atoms with E-state index in [2.05, 4.69) is 30.5 Å². The van der Waals surface area contributed by atoms with Gasteiger partial charge in [0.2, 0.25) is 0 Å². The molecule has 0 rings (SSSR count). The Kier molecular flexibility index (Phi) is 6.26. The minimum Gasteiger partial charge on any atom is -0.389 e. The lowest BCUT2D eigenvalue weighted by atomic mass is 9.81. The molecule has 0 aliphatic rings. The second kappa shape index (κ2) is 6.77. The van der Waals surface area contributed by atoms with Gasteiger partial charge in [-0.25, -0.2) is 0 Å². The summed E-state index contributed by atoms with van der Waals surface area (Å²) in [4.78, 5) is 0. The van der Waals surface area contributed by atoms with Crippen LogP contribution in [0.1, 0.15) is 13.8 Å². The van der Waals surface area contributed by atoms with E-state index >= 15 is 0 Å². The van der Waals surface area contributed by atoms with Crippen molar-refractivity contribution in [3.05, 3.63) is 35.5 Å². The van der Waals surface area contributed by atoms with E-state index in [1.54, 1.807) is 0 Å². The number of nitrogens with one attached hydrogen (secondary N) is 1. The monoisotopic (exact) mass is 162 g/mol. The molecule has 1 N–H and O–H groups in total. The van der Waals surface area contributed by atoms with Crippen LogP contribution in [0.15, 0.2) is 35.5 Å². The SMILES string of the molecule is C[B]\C=C(/C=C\C(C)=C/C)NC. The topological polar surface area (TPSA) is 12.0 Å². The molecule has 0 saturated carbocycles. The van der Waals surface area contributed by atoms with Crippen molar-refractivity contribution in [2.75, 3.05) is 7.05 Å². The lowest BCUT2D eigenvalue weighted by molar-refractivity contribution is 1.04. The molecule has 0 aliphatic carbocycles. The van der Waals surface area contributed by atoms with Crippen molar-refractivity contribution >= 4 is 7.28 Å². The number of hydrogen-bond donors (Lipinski definition) is 1. The van der Waals surface area contributed by atoms with E-state index in [4.69, 9.17) is 0 Å². The summed E-state index contributed by atoms with van der Waals surface area (Å²) in [6.45, 7) is 6.13. The maximum Gasteiger partial charge on any atom is 0.140 e. The van der Waals surface area contributed by atoms with Gasteiger partial charge in [-0.2, -0.15) is 0 Å². The smallest absolute Gasteiger partial charge is 0.140 e. The van der Waals surface area contributed by atoms with Gasteiger partial charge in [-0.3, -0.25) is 0 Å². The zero-order chi connectivity index (χ0) is 9.40. The molecule has 0 saturated heterocycles. The van der Waals surface area contributed by atoms with Crippen LogP contribution in [-0.4, -0.2) is 14.3 Å². The summed E-state index contributed by atoms with van der Waals surface area (Å²) in [5.41, 5.74) is 2.39. The second-order valence-electron chi connectivity index (χ2n) is 2.57. The van der Waals surface area contributed by atoms with Crippen molar-refractivity contribution in [3.8, 4) is 0 Å². The first-order chi connectivity index (χ1) is 5.74. The second-order valence-corrected chi connectivity index (χ2v) is 2.57. The Labute approximate surface area is 76.5 Å². The largest absolute Gasteiger partial charge is 0.389 e. The van der Waals surface area contributed by atoms with Crippen LogP contribution in [0.2, 0.25) is 6.82 Å². The Balaban J connectivity index is 4.20. The van der Waals surface area contributed by atoms with Gasteiger partial charge in [0.15, 0.2) is 0 Å². The molecule has 1 nitrogen and oxygen atoms in total. The molecule has 1 radical (unpaired) electrons. The predicted molar refractivity (Wildman–Crippen MR) is 57.3 cm³/mol. The van der Waals surface area contributed by atoms with E-state index in [0.29, 0.717) is 0 Å². The molecule has 0 unspecified atom stereocenters. The van der Waals surface area contributed by atoms with Crippen LogP contribution in [0.5, 0.6) is 0 Å². The van der Waals surface area contributed by atoms with Gasteiger partial charge in [0.05, 0.1) is 0 Å². The van der Waals surface area contributed by atoms with Crippen molar-refractivity contribution in [3.63, 3.8) is 0 Å². The van der Waals surface area contributed by atoms with E-state index < -0.39 is 0 Å². The summed E-state index contributed by atoms with van der Waals surface area (Å²) in [6.07, 6.45) is 6.24. The van der Waals surface area contributed by atoms with Gasteiger partial charge in [0, 0.05) is 12.7 Å². The maximum absolute atomic E-state index is 3.10. The molecular formula is C10H17BN. The molecule has 0 aliphatic heterocycles. The highest BCUT2D eigenvalue weighted by atomic mass is 14.8. The van der Waals surface area contributed by atoms with Crippen LogP contribution in [-0.2, 0) is 0 Å². The molecule has 0 aromatic carbocycles. The van der Waals surface area contributed by atoms with Gasteiger partial charge < -0.3 is 5.32 Å². The van der Waals surface area contributed by atoms with E-state index in [9.17, 15) is 0 Å². The van der Waals surface area contributed by atoms with E-state index in [-0.39, 0.29) is 0 Å². The molecule has 0 atom stereocenters. The standard InChI is InChI=1S/C10H17BN/c1-5-9(2)6-7-10(12-4)8-11-3/h5-8,12H,1-4H3/b7-6-,9-5-,10-8+. The molecule has 0 aromatic rings. The summed E-state index contributed by atoms with van der Waals surface area (Å²) in [7, 11) is 3.94. The molecular weight excluding hydrogens is 145 g/mol. The zero-order valence-corrected chi connectivity index (χ0v) is 8.39. The first kappa shape index (κ1) is 11.1. The van der Waals surface area contributed by atoms with Gasteiger partial charge in [0.1, 0.15) is 7.28 Å². The summed E-state index contributed by atoms with van der Waals surface area (Å²) in [5, 5.41) is 3.10. The van der Waals surface area contributed by atoms with Crippen molar-refractivity contribution in [1.29, 1.82) is 0 Å². The van der Waals surface area contributed by atoms with Gasteiger partial charge in [-0.15, -0.1) is 5.98 Å². The average molecular weight is 162 g/mol. The third-order valence-electron chi connectivity index (χ3n) is 1.62. The van der Waals surface area contributed by atoms with Crippen LogP contribution in [0.4, 0.5) is 0 Å². The molecule has 0 bridgehead atoms. The van der Waals surface area contributed by atoms with Crippen LogP contribution < -0.4 is 5.32 Å². The minimum atomic E-state index is 1.12. The van der Waals surface area contributed by atoms with Gasteiger partial charge in [-0.05, 0) is 19.9 Å². The van der Waals surface area contributed by atoms with Gasteiger partial charge >= 0.3 is 0 Å². The Bertz CT molecular complexity index is 202. The first-order valence-electron chi connectivity index (χ1n) is 4.23. The van der Waals surface area contributed by atoms with Crippen LogP contribution >= 0.6 is 0 Å². The third kappa shape index (κ3) is 4.83. The molecule has 0 fully saturated rings. The molecule has 0 heterocycles. The summed E-state index contributed by atoms with van der Waals surface area (Å²) in [5.74, 6) is 2.04. The number of likely N-dealkylation sites (N-methyl/N-ethyl adjacent to an activating group) is 1. The maximum atomic E-state index is 3.10. The van der Waals surface area contributed by atoms with E-state index in [1.165, 1.54) is 5.57 Å². The fraction of sp³-hybridized carbons (Fsp3) is 0.400.